The first kappa shape index (κ1) is 25.9. The molecular weight excluding hydrogens is 484 g/mol. The Morgan fingerprint density at radius 1 is 1.26 bits per heavy atom. The minimum absolute atomic E-state index is 0.174. The van der Waals surface area contributed by atoms with Gasteiger partial charge in [-0.15, -0.1) is 0 Å². The predicted molar refractivity (Wildman–Crippen MR) is 128 cm³/mol. The minimum atomic E-state index is -0.493. The third kappa shape index (κ3) is 6.05. The number of aromatic amines is 1. The Kier molecular flexibility index (Phi) is 8.86. The van der Waals surface area contributed by atoms with Crippen molar-refractivity contribution < 1.29 is 23.9 Å². The summed E-state index contributed by atoms with van der Waals surface area (Å²) < 4.78 is 10.5. The number of aromatic nitrogens is 3. The van der Waals surface area contributed by atoms with E-state index in [-0.39, 0.29) is 42.9 Å². The SMILES string of the molecule is CCOC(=O)CNC(=O)c1sc(N2CCC(NC(=O)c3nc(Cl)c(CC)[nH]3)C(OC)C2)nc1C. The van der Waals surface area contributed by atoms with Crippen molar-refractivity contribution in [1.29, 1.82) is 0 Å². The number of hydrogen-bond donors (Lipinski definition) is 3. The molecule has 2 aromatic heterocycles. The predicted octanol–water partition coefficient (Wildman–Crippen LogP) is 1.71. The molecule has 2 atom stereocenters. The number of aryl methyl sites for hydroxylation is 2. The summed E-state index contributed by atoms with van der Waals surface area (Å²) >= 11 is 7.30. The number of thiazole rings is 1. The van der Waals surface area contributed by atoms with E-state index in [0.717, 1.165) is 0 Å². The molecule has 186 valence electrons. The highest BCUT2D eigenvalue weighted by molar-refractivity contribution is 7.17. The second kappa shape index (κ2) is 11.6. The summed E-state index contributed by atoms with van der Waals surface area (Å²) in [6.07, 6.45) is 0.968. The average Bonchev–Trinajstić information content (AvgIpc) is 3.40. The fourth-order valence-electron chi connectivity index (χ4n) is 3.63. The van der Waals surface area contributed by atoms with Gasteiger partial charge in [0, 0.05) is 20.2 Å². The second-order valence-corrected chi connectivity index (χ2v) is 9.03. The number of amides is 2. The van der Waals surface area contributed by atoms with Crippen LogP contribution in [-0.2, 0) is 20.7 Å². The van der Waals surface area contributed by atoms with Crippen LogP contribution in [0.4, 0.5) is 5.13 Å². The van der Waals surface area contributed by atoms with E-state index in [2.05, 4.69) is 25.6 Å². The van der Waals surface area contributed by atoms with Crippen molar-refractivity contribution in [2.45, 2.75) is 45.8 Å². The van der Waals surface area contributed by atoms with Crippen LogP contribution >= 0.6 is 22.9 Å². The third-order valence-corrected chi connectivity index (χ3v) is 6.97. The number of H-pyrrole nitrogens is 1. The minimum Gasteiger partial charge on any atom is -0.465 e. The Hall–Kier alpha value is -2.70. The van der Waals surface area contributed by atoms with Crippen LogP contribution in [0.1, 0.15) is 51.9 Å². The molecule has 0 radical (unpaired) electrons. The number of nitrogens with zero attached hydrogens (tertiary/aromatic N) is 3. The second-order valence-electron chi connectivity index (χ2n) is 7.70. The number of hydrogen-bond acceptors (Lipinski definition) is 9. The maximum atomic E-state index is 12.7. The number of imidazole rings is 1. The van der Waals surface area contributed by atoms with Gasteiger partial charge in [0.1, 0.15) is 11.4 Å². The van der Waals surface area contributed by atoms with Crippen LogP contribution < -0.4 is 15.5 Å². The molecule has 1 aliphatic heterocycles. The number of esters is 1. The number of carbonyl (C=O) groups excluding carboxylic acids is 3. The van der Waals surface area contributed by atoms with Gasteiger partial charge < -0.3 is 30.0 Å². The molecule has 34 heavy (non-hydrogen) atoms. The van der Waals surface area contributed by atoms with Gasteiger partial charge in [-0.05, 0) is 26.7 Å². The normalized spacial score (nSPS) is 18.0. The molecule has 2 amide bonds. The van der Waals surface area contributed by atoms with Crippen LogP contribution in [0, 0.1) is 6.92 Å². The fraction of sp³-hybridized carbons (Fsp3) is 0.571. The molecule has 1 fully saturated rings. The summed E-state index contributed by atoms with van der Waals surface area (Å²) in [5.74, 6) is -1.03. The number of halogens is 1. The van der Waals surface area contributed by atoms with E-state index in [9.17, 15) is 14.4 Å². The molecule has 13 heteroatoms. The Bertz CT molecular complexity index is 1040. The summed E-state index contributed by atoms with van der Waals surface area (Å²) in [7, 11) is 1.59. The fourth-order valence-corrected chi connectivity index (χ4v) is 4.92. The summed E-state index contributed by atoms with van der Waals surface area (Å²) in [6.45, 7) is 6.53. The molecule has 1 saturated heterocycles. The van der Waals surface area contributed by atoms with Crippen LogP contribution in [0.3, 0.4) is 0 Å². The molecule has 3 rings (SSSR count). The van der Waals surface area contributed by atoms with Gasteiger partial charge >= 0.3 is 5.97 Å². The zero-order chi connectivity index (χ0) is 24.8. The number of methoxy groups -OCH3 is 1. The zero-order valence-corrected chi connectivity index (χ0v) is 21.1. The first-order chi connectivity index (χ1) is 16.3. The van der Waals surface area contributed by atoms with Crippen molar-refractivity contribution in [2.75, 3.05) is 38.3 Å². The number of piperidine rings is 1. The number of ether oxygens (including phenoxy) is 2. The molecule has 11 nitrogen and oxygen atoms in total. The summed E-state index contributed by atoms with van der Waals surface area (Å²) in [6, 6.07) is -0.226. The summed E-state index contributed by atoms with van der Waals surface area (Å²) in [5.41, 5.74) is 1.29. The Balaban J connectivity index is 1.62. The van der Waals surface area contributed by atoms with Gasteiger partial charge in [-0.25, -0.2) is 9.97 Å². The van der Waals surface area contributed by atoms with E-state index in [1.165, 1.54) is 11.3 Å². The highest BCUT2D eigenvalue weighted by Crippen LogP contribution is 2.29. The van der Waals surface area contributed by atoms with E-state index in [4.69, 9.17) is 21.1 Å². The Labute approximate surface area is 206 Å². The molecule has 1 aliphatic rings. The average molecular weight is 513 g/mol. The highest BCUT2D eigenvalue weighted by Gasteiger charge is 2.33. The lowest BCUT2D eigenvalue weighted by atomic mass is 10.0. The van der Waals surface area contributed by atoms with E-state index < -0.39 is 5.97 Å². The maximum absolute atomic E-state index is 12.7. The number of anilines is 1. The van der Waals surface area contributed by atoms with Gasteiger partial charge in [-0.2, -0.15) is 0 Å². The molecule has 2 unspecified atom stereocenters. The van der Waals surface area contributed by atoms with E-state index in [1.54, 1.807) is 21.0 Å². The van der Waals surface area contributed by atoms with Crippen LogP contribution in [0.2, 0.25) is 5.15 Å². The lowest BCUT2D eigenvalue weighted by Crippen LogP contribution is -2.55. The van der Waals surface area contributed by atoms with E-state index in [1.807, 2.05) is 11.8 Å². The molecule has 0 aliphatic carbocycles. The van der Waals surface area contributed by atoms with Crippen molar-refractivity contribution in [3.05, 3.63) is 27.2 Å². The lowest BCUT2D eigenvalue weighted by Gasteiger charge is -2.37. The third-order valence-electron chi connectivity index (χ3n) is 5.44. The van der Waals surface area contributed by atoms with Gasteiger partial charge in [0.15, 0.2) is 16.1 Å². The first-order valence-electron chi connectivity index (χ1n) is 11.0. The standard InChI is InChI=1S/C21H29ClN6O5S/c1-5-12-17(22)27-18(25-12)20(31)26-13-7-8-28(10-14(13)32-4)21-24-11(3)16(34-21)19(30)23-9-15(29)33-6-2/h13-14H,5-10H2,1-4H3,(H,23,30)(H,25,27)(H,26,31). The van der Waals surface area contributed by atoms with Gasteiger partial charge in [0.25, 0.3) is 11.8 Å². The van der Waals surface area contributed by atoms with Crippen molar-refractivity contribution >= 4 is 45.9 Å². The molecular formula is C21H29ClN6O5S. The summed E-state index contributed by atoms with van der Waals surface area (Å²) in [4.78, 5) is 50.7. The lowest BCUT2D eigenvalue weighted by molar-refractivity contribution is -0.141. The van der Waals surface area contributed by atoms with Crippen LogP contribution in [0.15, 0.2) is 0 Å². The van der Waals surface area contributed by atoms with Gasteiger partial charge in [-0.1, -0.05) is 29.9 Å². The van der Waals surface area contributed by atoms with Crippen molar-refractivity contribution in [1.82, 2.24) is 25.6 Å². The molecule has 2 aromatic rings. The smallest absolute Gasteiger partial charge is 0.325 e. The van der Waals surface area contributed by atoms with E-state index in [0.29, 0.717) is 52.5 Å². The largest absolute Gasteiger partial charge is 0.465 e. The molecule has 0 saturated carbocycles. The van der Waals surface area contributed by atoms with Gasteiger partial charge in [0.2, 0.25) is 0 Å². The molecule has 0 spiro atoms. The van der Waals surface area contributed by atoms with Crippen molar-refractivity contribution in [2.24, 2.45) is 0 Å². The van der Waals surface area contributed by atoms with Crippen molar-refractivity contribution in [3.63, 3.8) is 0 Å². The Morgan fingerprint density at radius 3 is 2.68 bits per heavy atom. The van der Waals surface area contributed by atoms with Crippen LogP contribution in [-0.4, -0.2) is 78.2 Å². The van der Waals surface area contributed by atoms with E-state index >= 15 is 0 Å². The molecule has 0 bridgehead atoms. The molecule has 3 N–H and O–H groups in total. The zero-order valence-electron chi connectivity index (χ0n) is 19.6. The summed E-state index contributed by atoms with van der Waals surface area (Å²) in [5, 5.41) is 6.51. The number of carbonyl (C=O) groups is 3. The highest BCUT2D eigenvalue weighted by atomic mass is 35.5. The van der Waals surface area contributed by atoms with Crippen LogP contribution in [0.5, 0.6) is 0 Å². The molecule has 0 aromatic carbocycles. The van der Waals surface area contributed by atoms with Crippen molar-refractivity contribution in [3.8, 4) is 0 Å². The monoisotopic (exact) mass is 512 g/mol. The number of rotatable bonds is 9. The molecule has 3 heterocycles. The topological polar surface area (TPSA) is 139 Å². The quantitative estimate of drug-likeness (QED) is 0.431. The van der Waals surface area contributed by atoms with Gasteiger partial charge in [0.05, 0.1) is 30.1 Å². The number of nitrogens with one attached hydrogen (secondary N) is 3. The van der Waals surface area contributed by atoms with Crippen LogP contribution in [0.25, 0.3) is 0 Å². The first-order valence-corrected chi connectivity index (χ1v) is 12.2. The van der Waals surface area contributed by atoms with Gasteiger partial charge in [-0.3, -0.25) is 14.4 Å². The maximum Gasteiger partial charge on any atom is 0.325 e. The Morgan fingerprint density at radius 2 is 2.03 bits per heavy atom.